The standard InChI is InChI=1S/C16H21N3O/c1-2-8-19-11-12(10-18-19)16(17)14-7-9-20-15-6-4-3-5-13(14)15/h3-6,10-11,14,16H,2,7-9,17H2,1H3. The zero-order valence-corrected chi connectivity index (χ0v) is 11.8. The van der Waals surface area contributed by atoms with Crippen molar-refractivity contribution in [3.05, 3.63) is 47.8 Å². The summed E-state index contributed by atoms with van der Waals surface area (Å²) in [5.41, 5.74) is 8.81. The van der Waals surface area contributed by atoms with Crippen molar-refractivity contribution in [1.82, 2.24) is 9.78 Å². The third kappa shape index (κ3) is 2.43. The maximum absolute atomic E-state index is 6.49. The molecule has 0 radical (unpaired) electrons. The van der Waals surface area contributed by atoms with Crippen molar-refractivity contribution >= 4 is 0 Å². The summed E-state index contributed by atoms with van der Waals surface area (Å²) in [5.74, 6) is 1.28. The summed E-state index contributed by atoms with van der Waals surface area (Å²) < 4.78 is 7.68. The van der Waals surface area contributed by atoms with E-state index in [4.69, 9.17) is 10.5 Å². The van der Waals surface area contributed by atoms with E-state index in [-0.39, 0.29) is 6.04 Å². The Balaban J connectivity index is 1.85. The molecule has 106 valence electrons. The summed E-state index contributed by atoms with van der Waals surface area (Å²) in [5, 5.41) is 4.38. The van der Waals surface area contributed by atoms with Gasteiger partial charge in [-0.25, -0.2) is 0 Å². The molecule has 4 nitrogen and oxygen atoms in total. The van der Waals surface area contributed by atoms with Crippen molar-refractivity contribution in [2.75, 3.05) is 6.61 Å². The minimum Gasteiger partial charge on any atom is -0.493 e. The van der Waals surface area contributed by atoms with Gasteiger partial charge in [-0.2, -0.15) is 5.10 Å². The van der Waals surface area contributed by atoms with E-state index in [1.807, 2.05) is 29.1 Å². The molecule has 1 aromatic carbocycles. The van der Waals surface area contributed by atoms with Gasteiger partial charge >= 0.3 is 0 Å². The molecule has 1 aliphatic rings. The molecule has 1 aromatic heterocycles. The molecule has 0 saturated heterocycles. The third-order valence-corrected chi connectivity index (χ3v) is 3.93. The number of fused-ring (bicyclic) bond motifs is 1. The maximum Gasteiger partial charge on any atom is 0.122 e. The number of aromatic nitrogens is 2. The number of benzene rings is 1. The van der Waals surface area contributed by atoms with Crippen LogP contribution in [0.2, 0.25) is 0 Å². The zero-order valence-electron chi connectivity index (χ0n) is 11.8. The summed E-state index contributed by atoms with van der Waals surface area (Å²) in [6.07, 6.45) is 6.01. The number of nitrogens with two attached hydrogens (primary N) is 1. The van der Waals surface area contributed by atoms with Crippen molar-refractivity contribution in [3.8, 4) is 5.75 Å². The average Bonchev–Trinajstić information content (AvgIpc) is 2.95. The normalized spacial score (nSPS) is 19.2. The zero-order chi connectivity index (χ0) is 13.9. The molecule has 1 aliphatic heterocycles. The van der Waals surface area contributed by atoms with Crippen LogP contribution in [0.5, 0.6) is 5.75 Å². The molecule has 0 saturated carbocycles. The van der Waals surface area contributed by atoms with Gasteiger partial charge in [0.1, 0.15) is 5.75 Å². The molecule has 0 bridgehead atoms. The lowest BCUT2D eigenvalue weighted by Gasteiger charge is -2.29. The first kappa shape index (κ1) is 13.2. The Labute approximate surface area is 119 Å². The first-order chi connectivity index (χ1) is 9.79. The van der Waals surface area contributed by atoms with E-state index in [2.05, 4.69) is 24.3 Å². The van der Waals surface area contributed by atoms with Crippen LogP contribution in [0.25, 0.3) is 0 Å². The second-order valence-electron chi connectivity index (χ2n) is 5.34. The fraction of sp³-hybridized carbons (Fsp3) is 0.438. The van der Waals surface area contributed by atoms with Gasteiger partial charge in [0.05, 0.1) is 12.8 Å². The SMILES string of the molecule is CCCn1cc(C(N)C2CCOc3ccccc32)cn1. The Kier molecular flexibility index (Phi) is 3.74. The summed E-state index contributed by atoms with van der Waals surface area (Å²) in [7, 11) is 0. The van der Waals surface area contributed by atoms with Gasteiger partial charge in [-0.1, -0.05) is 25.1 Å². The van der Waals surface area contributed by atoms with E-state index < -0.39 is 0 Å². The number of ether oxygens (including phenoxy) is 1. The van der Waals surface area contributed by atoms with Crippen LogP contribution in [-0.2, 0) is 6.54 Å². The molecule has 2 unspecified atom stereocenters. The predicted octanol–water partition coefficient (Wildman–Crippen LogP) is 2.86. The molecular weight excluding hydrogens is 250 g/mol. The Hall–Kier alpha value is -1.81. The number of nitrogens with zero attached hydrogens (tertiary/aromatic N) is 2. The molecule has 0 amide bonds. The first-order valence-corrected chi connectivity index (χ1v) is 7.29. The topological polar surface area (TPSA) is 53.1 Å². The minimum absolute atomic E-state index is 0.0225. The van der Waals surface area contributed by atoms with Crippen LogP contribution in [0, 0.1) is 0 Å². The van der Waals surface area contributed by atoms with Crippen LogP contribution in [0.15, 0.2) is 36.7 Å². The van der Waals surface area contributed by atoms with Crippen LogP contribution >= 0.6 is 0 Å². The van der Waals surface area contributed by atoms with E-state index in [9.17, 15) is 0 Å². The van der Waals surface area contributed by atoms with E-state index in [0.717, 1.165) is 37.3 Å². The van der Waals surface area contributed by atoms with Gasteiger partial charge in [0.15, 0.2) is 0 Å². The molecule has 0 spiro atoms. The molecule has 2 N–H and O–H groups in total. The number of hydrogen-bond acceptors (Lipinski definition) is 3. The molecule has 4 heteroatoms. The molecule has 2 heterocycles. The van der Waals surface area contributed by atoms with Gasteiger partial charge in [-0.3, -0.25) is 4.68 Å². The monoisotopic (exact) mass is 271 g/mol. The first-order valence-electron chi connectivity index (χ1n) is 7.29. The number of rotatable bonds is 4. The second-order valence-corrected chi connectivity index (χ2v) is 5.34. The largest absolute Gasteiger partial charge is 0.493 e. The van der Waals surface area contributed by atoms with Crippen LogP contribution in [0.1, 0.15) is 42.9 Å². The second kappa shape index (κ2) is 5.67. The van der Waals surface area contributed by atoms with Crippen LogP contribution in [0.4, 0.5) is 0 Å². The van der Waals surface area contributed by atoms with Crippen molar-refractivity contribution in [2.45, 2.75) is 38.3 Å². The fourth-order valence-corrected chi connectivity index (χ4v) is 2.88. The smallest absolute Gasteiger partial charge is 0.122 e. The van der Waals surface area contributed by atoms with Gasteiger partial charge in [0, 0.05) is 30.3 Å². The number of hydrogen-bond donors (Lipinski definition) is 1. The molecule has 0 aliphatic carbocycles. The van der Waals surface area contributed by atoms with E-state index in [0.29, 0.717) is 5.92 Å². The molecule has 2 atom stereocenters. The van der Waals surface area contributed by atoms with Crippen LogP contribution in [0.3, 0.4) is 0 Å². The number of para-hydroxylation sites is 1. The van der Waals surface area contributed by atoms with Gasteiger partial charge in [0.25, 0.3) is 0 Å². The van der Waals surface area contributed by atoms with Crippen LogP contribution < -0.4 is 10.5 Å². The highest BCUT2D eigenvalue weighted by Gasteiger charge is 2.28. The van der Waals surface area contributed by atoms with E-state index in [1.165, 1.54) is 5.56 Å². The lowest BCUT2D eigenvalue weighted by atomic mass is 9.85. The molecule has 20 heavy (non-hydrogen) atoms. The Morgan fingerprint density at radius 2 is 2.30 bits per heavy atom. The quantitative estimate of drug-likeness (QED) is 0.930. The average molecular weight is 271 g/mol. The lowest BCUT2D eigenvalue weighted by molar-refractivity contribution is 0.255. The molecule has 2 aromatic rings. The Bertz CT molecular complexity index is 579. The van der Waals surface area contributed by atoms with Gasteiger partial charge < -0.3 is 10.5 Å². The van der Waals surface area contributed by atoms with Gasteiger partial charge in [-0.15, -0.1) is 0 Å². The van der Waals surface area contributed by atoms with Crippen molar-refractivity contribution in [1.29, 1.82) is 0 Å². The van der Waals surface area contributed by atoms with Gasteiger partial charge in [0.2, 0.25) is 0 Å². The third-order valence-electron chi connectivity index (χ3n) is 3.93. The van der Waals surface area contributed by atoms with Crippen molar-refractivity contribution in [3.63, 3.8) is 0 Å². The van der Waals surface area contributed by atoms with Crippen molar-refractivity contribution in [2.24, 2.45) is 5.73 Å². The predicted molar refractivity (Wildman–Crippen MR) is 78.7 cm³/mol. The Morgan fingerprint density at radius 3 is 3.15 bits per heavy atom. The highest BCUT2D eigenvalue weighted by molar-refractivity contribution is 5.39. The van der Waals surface area contributed by atoms with Crippen molar-refractivity contribution < 1.29 is 4.74 Å². The summed E-state index contributed by atoms with van der Waals surface area (Å²) >= 11 is 0. The summed E-state index contributed by atoms with van der Waals surface area (Å²) in [6, 6.07) is 8.18. The maximum atomic E-state index is 6.49. The van der Waals surface area contributed by atoms with Crippen LogP contribution in [-0.4, -0.2) is 16.4 Å². The van der Waals surface area contributed by atoms with Gasteiger partial charge in [-0.05, 0) is 24.5 Å². The lowest BCUT2D eigenvalue weighted by Crippen LogP contribution is -2.25. The number of aryl methyl sites for hydroxylation is 1. The van der Waals surface area contributed by atoms with E-state index in [1.54, 1.807) is 0 Å². The van der Waals surface area contributed by atoms with E-state index >= 15 is 0 Å². The highest BCUT2D eigenvalue weighted by Crippen LogP contribution is 2.39. The highest BCUT2D eigenvalue weighted by atomic mass is 16.5. The molecule has 3 rings (SSSR count). The Morgan fingerprint density at radius 1 is 1.45 bits per heavy atom. The minimum atomic E-state index is -0.0225. The summed E-state index contributed by atoms with van der Waals surface area (Å²) in [4.78, 5) is 0. The molecule has 0 fully saturated rings. The fourth-order valence-electron chi connectivity index (χ4n) is 2.88. The molecular formula is C16H21N3O. The summed E-state index contributed by atoms with van der Waals surface area (Å²) in [6.45, 7) is 3.82.